The lowest BCUT2D eigenvalue weighted by atomic mass is 9.65. The van der Waals surface area contributed by atoms with Crippen LogP contribution >= 0.6 is 12.4 Å². The second kappa shape index (κ2) is 8.72. The van der Waals surface area contributed by atoms with Gasteiger partial charge in [0.1, 0.15) is 0 Å². The fraction of sp³-hybridized carbons (Fsp3) is 0.667. The van der Waals surface area contributed by atoms with Crippen LogP contribution in [-0.4, -0.2) is 25.1 Å². The van der Waals surface area contributed by atoms with Gasteiger partial charge in [-0.05, 0) is 76.0 Å². The zero-order chi connectivity index (χ0) is 19.8. The highest BCUT2D eigenvalue weighted by atomic mass is 35.5. The minimum absolute atomic E-state index is 0. The molecule has 0 aliphatic heterocycles. The van der Waals surface area contributed by atoms with Crippen molar-refractivity contribution in [3.05, 3.63) is 29.8 Å². The zero-order valence-corrected chi connectivity index (χ0v) is 18.6. The highest BCUT2D eigenvalue weighted by Crippen LogP contribution is 2.42. The number of halogens is 1. The standard InChI is InChI=1S/C21H32N2O3S.ClH/c1-21(2,3)27(25,26)13-14-7-9-18(10-8-14)23-20(24)17-11-15-5-4-6-16(12-17)19(15)22;/h7-10,15-17,19H,4-6,11-13,22H2,1-3H3,(H,23,24);1H. The number of amides is 1. The van der Waals surface area contributed by atoms with Crippen molar-refractivity contribution >= 4 is 33.8 Å². The molecule has 2 aliphatic rings. The first-order chi connectivity index (χ1) is 12.6. The number of carbonyl (C=O) groups excluding carboxylic acids is 1. The normalized spacial score (nSPS) is 27.6. The molecule has 0 saturated heterocycles. The van der Waals surface area contributed by atoms with Gasteiger partial charge in [0.05, 0.1) is 10.5 Å². The highest BCUT2D eigenvalue weighted by molar-refractivity contribution is 7.91. The van der Waals surface area contributed by atoms with Crippen LogP contribution in [0.15, 0.2) is 24.3 Å². The molecule has 7 heteroatoms. The van der Waals surface area contributed by atoms with Crippen molar-refractivity contribution in [2.75, 3.05) is 5.32 Å². The predicted octanol–water partition coefficient (Wildman–Crippen LogP) is 3.91. The van der Waals surface area contributed by atoms with Gasteiger partial charge in [-0.2, -0.15) is 0 Å². The molecule has 5 nitrogen and oxygen atoms in total. The number of nitrogens with one attached hydrogen (secondary N) is 1. The van der Waals surface area contributed by atoms with Gasteiger partial charge < -0.3 is 11.1 Å². The molecular formula is C21H33ClN2O3S. The van der Waals surface area contributed by atoms with Crippen LogP contribution in [0.1, 0.15) is 58.4 Å². The number of carbonyl (C=O) groups is 1. The summed E-state index contributed by atoms with van der Waals surface area (Å²) in [6.45, 7) is 5.13. The molecule has 158 valence electrons. The molecular weight excluding hydrogens is 396 g/mol. The monoisotopic (exact) mass is 428 g/mol. The van der Waals surface area contributed by atoms with Gasteiger partial charge in [-0.25, -0.2) is 8.42 Å². The summed E-state index contributed by atoms with van der Waals surface area (Å²) < 4.78 is 23.9. The Balaban J connectivity index is 0.00000280. The van der Waals surface area contributed by atoms with Crippen molar-refractivity contribution in [1.29, 1.82) is 0 Å². The lowest BCUT2D eigenvalue weighted by molar-refractivity contribution is -0.122. The molecule has 2 aliphatic carbocycles. The molecule has 0 spiro atoms. The van der Waals surface area contributed by atoms with Crippen molar-refractivity contribution in [3.63, 3.8) is 0 Å². The lowest BCUT2D eigenvalue weighted by Crippen LogP contribution is -2.48. The Morgan fingerprint density at radius 1 is 1.11 bits per heavy atom. The van der Waals surface area contributed by atoms with Gasteiger partial charge >= 0.3 is 0 Å². The number of benzene rings is 1. The summed E-state index contributed by atoms with van der Waals surface area (Å²) in [5.41, 5.74) is 7.77. The quantitative estimate of drug-likeness (QED) is 0.760. The summed E-state index contributed by atoms with van der Waals surface area (Å²) in [5.74, 6) is 1.04. The predicted molar refractivity (Wildman–Crippen MR) is 116 cm³/mol. The van der Waals surface area contributed by atoms with Crippen molar-refractivity contribution in [1.82, 2.24) is 0 Å². The van der Waals surface area contributed by atoms with Gasteiger partial charge in [0.15, 0.2) is 9.84 Å². The zero-order valence-electron chi connectivity index (χ0n) is 17.0. The number of fused-ring (bicyclic) bond motifs is 2. The molecule has 2 fully saturated rings. The van der Waals surface area contributed by atoms with E-state index < -0.39 is 14.6 Å². The third kappa shape index (κ3) is 5.08. The summed E-state index contributed by atoms with van der Waals surface area (Å²) in [5, 5.41) is 3.01. The van der Waals surface area contributed by atoms with Crippen LogP contribution in [-0.2, 0) is 20.4 Å². The van der Waals surface area contributed by atoms with Crippen molar-refractivity contribution in [2.45, 2.75) is 69.4 Å². The maximum atomic E-state index is 12.7. The molecule has 0 aromatic heterocycles. The molecule has 1 amide bonds. The molecule has 1 aromatic rings. The molecule has 2 bridgehead atoms. The van der Waals surface area contributed by atoms with Crippen molar-refractivity contribution < 1.29 is 13.2 Å². The van der Waals surface area contributed by atoms with Gasteiger partial charge in [-0.1, -0.05) is 18.6 Å². The lowest BCUT2D eigenvalue weighted by Gasteiger charge is -2.43. The molecule has 0 radical (unpaired) electrons. The minimum Gasteiger partial charge on any atom is -0.327 e. The minimum atomic E-state index is -3.22. The Bertz CT molecular complexity index is 773. The summed E-state index contributed by atoms with van der Waals surface area (Å²) in [7, 11) is -3.22. The van der Waals surface area contributed by atoms with Gasteiger partial charge in [-0.15, -0.1) is 12.4 Å². The Kier molecular flexibility index (Phi) is 7.22. The number of anilines is 1. The molecule has 1 aromatic carbocycles. The number of sulfone groups is 1. The van der Waals surface area contributed by atoms with Crippen molar-refractivity contribution in [3.8, 4) is 0 Å². The maximum Gasteiger partial charge on any atom is 0.227 e. The maximum absolute atomic E-state index is 12.7. The Morgan fingerprint density at radius 3 is 2.14 bits per heavy atom. The van der Waals surface area contributed by atoms with E-state index in [0.717, 1.165) is 36.9 Å². The van der Waals surface area contributed by atoms with Crippen LogP contribution in [0, 0.1) is 17.8 Å². The second-order valence-electron chi connectivity index (χ2n) is 9.25. The van der Waals surface area contributed by atoms with Crippen molar-refractivity contribution in [2.24, 2.45) is 23.5 Å². The van der Waals surface area contributed by atoms with Gasteiger partial charge in [0.2, 0.25) is 5.91 Å². The average Bonchev–Trinajstić information content (AvgIpc) is 2.55. The third-order valence-electron chi connectivity index (χ3n) is 6.29. The number of nitrogens with two attached hydrogens (primary N) is 1. The average molecular weight is 429 g/mol. The first kappa shape index (κ1) is 23.2. The largest absolute Gasteiger partial charge is 0.327 e. The number of rotatable bonds is 4. The summed E-state index contributed by atoms with van der Waals surface area (Å²) in [4.78, 5) is 12.7. The van der Waals surface area contributed by atoms with Crippen LogP contribution in [0.5, 0.6) is 0 Å². The second-order valence-corrected chi connectivity index (χ2v) is 12.0. The topological polar surface area (TPSA) is 89.3 Å². The first-order valence-corrected chi connectivity index (χ1v) is 11.6. The van der Waals surface area contributed by atoms with E-state index in [2.05, 4.69) is 5.32 Å². The Labute approximate surface area is 175 Å². The Hall–Kier alpha value is -1.11. The van der Waals surface area contributed by atoms with Gasteiger partial charge in [-0.3, -0.25) is 4.79 Å². The SMILES string of the molecule is CC(C)(C)S(=O)(=O)Cc1ccc(NC(=O)C2CC3CCCC(C2)C3N)cc1.Cl. The Morgan fingerprint density at radius 2 is 1.64 bits per heavy atom. The molecule has 2 atom stereocenters. The van der Waals surface area contributed by atoms with Crippen LogP contribution in [0.4, 0.5) is 5.69 Å². The first-order valence-electron chi connectivity index (χ1n) is 9.94. The highest BCUT2D eigenvalue weighted by Gasteiger charge is 2.40. The van der Waals surface area contributed by atoms with Crippen LogP contribution < -0.4 is 11.1 Å². The van der Waals surface area contributed by atoms with E-state index in [1.54, 1.807) is 45.0 Å². The van der Waals surface area contributed by atoms with E-state index >= 15 is 0 Å². The fourth-order valence-corrected chi connectivity index (χ4v) is 5.43. The van der Waals surface area contributed by atoms with E-state index in [1.165, 1.54) is 6.42 Å². The van der Waals surface area contributed by atoms with E-state index in [-0.39, 0.29) is 36.0 Å². The van der Waals surface area contributed by atoms with Crippen LogP contribution in [0.25, 0.3) is 0 Å². The molecule has 2 unspecified atom stereocenters. The van der Waals surface area contributed by atoms with Gasteiger partial charge in [0.25, 0.3) is 0 Å². The summed E-state index contributed by atoms with van der Waals surface area (Å²) in [6, 6.07) is 7.41. The third-order valence-corrected chi connectivity index (χ3v) is 8.87. The fourth-order valence-electron chi connectivity index (χ4n) is 4.37. The van der Waals surface area contributed by atoms with Gasteiger partial charge in [0, 0.05) is 17.6 Å². The molecule has 2 saturated carbocycles. The van der Waals surface area contributed by atoms with Crippen LogP contribution in [0.2, 0.25) is 0 Å². The molecule has 3 N–H and O–H groups in total. The summed E-state index contributed by atoms with van der Waals surface area (Å²) >= 11 is 0. The van der Waals surface area contributed by atoms with E-state index in [0.29, 0.717) is 11.8 Å². The number of hydrogen-bond donors (Lipinski definition) is 2. The summed E-state index contributed by atoms with van der Waals surface area (Å²) in [6.07, 6.45) is 5.27. The van der Waals surface area contributed by atoms with E-state index in [4.69, 9.17) is 5.73 Å². The molecule has 3 rings (SSSR count). The molecule has 0 heterocycles. The van der Waals surface area contributed by atoms with Crippen LogP contribution in [0.3, 0.4) is 0 Å². The van der Waals surface area contributed by atoms with E-state index in [1.807, 2.05) is 0 Å². The smallest absolute Gasteiger partial charge is 0.227 e. The molecule has 28 heavy (non-hydrogen) atoms. The number of hydrogen-bond acceptors (Lipinski definition) is 4. The van der Waals surface area contributed by atoms with E-state index in [9.17, 15) is 13.2 Å².